The zero-order chi connectivity index (χ0) is 19.1. The van der Waals surface area contributed by atoms with Crippen molar-refractivity contribution in [3.63, 3.8) is 0 Å². The van der Waals surface area contributed by atoms with Gasteiger partial charge in [0, 0.05) is 0 Å². The molecule has 1 atom stereocenters. The lowest BCUT2D eigenvalue weighted by Gasteiger charge is -2.16. The molecule has 2 aromatic carbocycles. The van der Waals surface area contributed by atoms with E-state index in [1.165, 1.54) is 0 Å². The van der Waals surface area contributed by atoms with Crippen molar-refractivity contribution in [3.8, 4) is 5.75 Å². The summed E-state index contributed by atoms with van der Waals surface area (Å²) in [6.07, 6.45) is 0.829. The normalized spacial score (nSPS) is 11.4. The van der Waals surface area contributed by atoms with Crippen LogP contribution in [0, 0.1) is 0 Å². The van der Waals surface area contributed by atoms with Gasteiger partial charge in [-0.2, -0.15) is 0 Å². The number of para-hydroxylation sites is 2. The smallest absolute Gasteiger partial charge is 0.265 e. The molecule has 2 amide bonds. The minimum Gasteiger partial charge on any atom is -0.481 e. The lowest BCUT2D eigenvalue weighted by Crippen LogP contribution is -2.31. The van der Waals surface area contributed by atoms with Gasteiger partial charge in [0.1, 0.15) is 11.5 Å². The molecule has 0 saturated heterocycles. The lowest BCUT2D eigenvalue weighted by atomic mass is 10.1. The molecular formula is C21H20N2O4. The molecule has 1 heterocycles. The number of carbonyl (C=O) groups is 2. The van der Waals surface area contributed by atoms with E-state index in [1.807, 2.05) is 18.2 Å². The fourth-order valence-electron chi connectivity index (χ4n) is 2.46. The van der Waals surface area contributed by atoms with E-state index in [-0.39, 0.29) is 18.4 Å². The first-order chi connectivity index (χ1) is 13.1. The van der Waals surface area contributed by atoms with Crippen molar-refractivity contribution in [1.29, 1.82) is 0 Å². The van der Waals surface area contributed by atoms with Crippen LogP contribution in [-0.2, 0) is 11.3 Å². The second kappa shape index (κ2) is 8.71. The van der Waals surface area contributed by atoms with E-state index in [9.17, 15) is 9.59 Å². The highest BCUT2D eigenvalue weighted by atomic mass is 16.5. The maximum Gasteiger partial charge on any atom is 0.265 e. The Morgan fingerprint density at radius 3 is 2.48 bits per heavy atom. The summed E-state index contributed by atoms with van der Waals surface area (Å²) in [5, 5.41) is 5.53. The molecule has 2 N–H and O–H groups in total. The number of ether oxygens (including phenoxy) is 1. The molecule has 6 heteroatoms. The van der Waals surface area contributed by atoms with Gasteiger partial charge < -0.3 is 19.8 Å². The van der Waals surface area contributed by atoms with Gasteiger partial charge >= 0.3 is 0 Å². The second-order valence-corrected chi connectivity index (χ2v) is 5.87. The van der Waals surface area contributed by atoms with Crippen molar-refractivity contribution in [3.05, 3.63) is 84.3 Å². The summed E-state index contributed by atoms with van der Waals surface area (Å²) < 4.78 is 10.8. The van der Waals surface area contributed by atoms with Gasteiger partial charge in [-0.3, -0.25) is 9.59 Å². The van der Waals surface area contributed by atoms with Crippen LogP contribution in [-0.4, -0.2) is 17.9 Å². The third-order valence-corrected chi connectivity index (χ3v) is 3.86. The Morgan fingerprint density at radius 2 is 1.74 bits per heavy atom. The number of rotatable bonds is 7. The van der Waals surface area contributed by atoms with E-state index in [4.69, 9.17) is 9.15 Å². The largest absolute Gasteiger partial charge is 0.481 e. The Labute approximate surface area is 157 Å². The fourth-order valence-corrected chi connectivity index (χ4v) is 2.46. The summed E-state index contributed by atoms with van der Waals surface area (Å²) in [6, 6.07) is 19.4. The average molecular weight is 364 g/mol. The minimum atomic E-state index is -0.716. The molecule has 3 aromatic rings. The molecule has 0 aliphatic rings. The minimum absolute atomic E-state index is 0.266. The maximum atomic E-state index is 12.5. The molecule has 3 rings (SSSR count). The maximum absolute atomic E-state index is 12.5. The molecule has 0 aliphatic carbocycles. The summed E-state index contributed by atoms with van der Waals surface area (Å²) in [6.45, 7) is 1.92. The molecule has 6 nitrogen and oxygen atoms in total. The Kier molecular flexibility index (Phi) is 5.89. The summed E-state index contributed by atoms with van der Waals surface area (Å²) in [5.41, 5.74) is 0.785. The number of hydrogen-bond acceptors (Lipinski definition) is 4. The predicted molar refractivity (Wildman–Crippen MR) is 101 cm³/mol. The lowest BCUT2D eigenvalue weighted by molar-refractivity contribution is -0.122. The Bertz CT molecular complexity index is 892. The van der Waals surface area contributed by atoms with Gasteiger partial charge in [0.25, 0.3) is 11.8 Å². The number of nitrogens with one attached hydrogen (secondary N) is 2. The van der Waals surface area contributed by atoms with Crippen LogP contribution < -0.4 is 15.4 Å². The SMILES string of the molecule is C[C@@H](Oc1ccccc1)C(=O)Nc1ccccc1C(=O)NCc1ccco1. The van der Waals surface area contributed by atoms with Crippen molar-refractivity contribution >= 4 is 17.5 Å². The first-order valence-electron chi connectivity index (χ1n) is 8.55. The Morgan fingerprint density at radius 1 is 1.00 bits per heavy atom. The fraction of sp³-hybridized carbons (Fsp3) is 0.143. The first kappa shape index (κ1) is 18.3. The standard InChI is InChI=1S/C21H20N2O4/c1-15(27-16-8-3-2-4-9-16)20(24)23-19-12-6-5-11-18(19)21(25)22-14-17-10-7-13-26-17/h2-13,15H,14H2,1H3,(H,22,25)(H,23,24)/t15-/m1/s1. The molecule has 0 unspecified atom stereocenters. The van der Waals surface area contributed by atoms with E-state index >= 15 is 0 Å². The van der Waals surface area contributed by atoms with Crippen LogP contribution in [0.5, 0.6) is 5.75 Å². The molecule has 0 bridgehead atoms. The predicted octanol–water partition coefficient (Wildman–Crippen LogP) is 3.62. The third-order valence-electron chi connectivity index (χ3n) is 3.86. The molecule has 27 heavy (non-hydrogen) atoms. The molecule has 0 aliphatic heterocycles. The molecule has 0 fully saturated rings. The number of carbonyl (C=O) groups excluding carboxylic acids is 2. The monoisotopic (exact) mass is 364 g/mol. The number of anilines is 1. The molecule has 0 saturated carbocycles. The van der Waals surface area contributed by atoms with E-state index in [0.717, 1.165) is 0 Å². The van der Waals surface area contributed by atoms with Crippen LogP contribution in [0.1, 0.15) is 23.0 Å². The Balaban J connectivity index is 1.64. The zero-order valence-electron chi connectivity index (χ0n) is 14.8. The van der Waals surface area contributed by atoms with E-state index < -0.39 is 6.10 Å². The zero-order valence-corrected chi connectivity index (χ0v) is 14.8. The molecule has 138 valence electrons. The van der Waals surface area contributed by atoms with Crippen molar-refractivity contribution in [2.45, 2.75) is 19.6 Å². The van der Waals surface area contributed by atoms with E-state index in [2.05, 4.69) is 10.6 Å². The quantitative estimate of drug-likeness (QED) is 0.671. The molecule has 0 radical (unpaired) electrons. The highest BCUT2D eigenvalue weighted by Gasteiger charge is 2.18. The summed E-state index contributed by atoms with van der Waals surface area (Å²) in [7, 11) is 0. The van der Waals surface area contributed by atoms with Gasteiger partial charge in [0.15, 0.2) is 6.10 Å². The van der Waals surface area contributed by atoms with Crippen LogP contribution in [0.2, 0.25) is 0 Å². The van der Waals surface area contributed by atoms with Crippen LogP contribution in [0.15, 0.2) is 77.4 Å². The number of furan rings is 1. The highest BCUT2D eigenvalue weighted by molar-refractivity contribution is 6.04. The molecule has 1 aromatic heterocycles. The van der Waals surface area contributed by atoms with Gasteiger partial charge in [-0.15, -0.1) is 0 Å². The van der Waals surface area contributed by atoms with Crippen molar-refractivity contribution in [2.24, 2.45) is 0 Å². The topological polar surface area (TPSA) is 80.6 Å². The summed E-state index contributed by atoms with van der Waals surface area (Å²) in [5.74, 6) is 0.600. The summed E-state index contributed by atoms with van der Waals surface area (Å²) >= 11 is 0. The number of amides is 2. The number of benzene rings is 2. The van der Waals surface area contributed by atoms with Crippen molar-refractivity contribution in [1.82, 2.24) is 5.32 Å². The number of hydrogen-bond donors (Lipinski definition) is 2. The average Bonchev–Trinajstić information content (AvgIpc) is 3.21. The second-order valence-electron chi connectivity index (χ2n) is 5.87. The van der Waals surface area contributed by atoms with Gasteiger partial charge in [-0.05, 0) is 43.3 Å². The van der Waals surface area contributed by atoms with Gasteiger partial charge in [0.05, 0.1) is 24.1 Å². The summed E-state index contributed by atoms with van der Waals surface area (Å²) in [4.78, 5) is 24.9. The first-order valence-corrected chi connectivity index (χ1v) is 8.55. The van der Waals surface area contributed by atoms with Crippen LogP contribution in [0.3, 0.4) is 0 Å². The van der Waals surface area contributed by atoms with E-state index in [0.29, 0.717) is 22.8 Å². The van der Waals surface area contributed by atoms with Crippen molar-refractivity contribution in [2.75, 3.05) is 5.32 Å². The van der Waals surface area contributed by atoms with Gasteiger partial charge in [-0.1, -0.05) is 30.3 Å². The van der Waals surface area contributed by atoms with Gasteiger partial charge in [-0.25, -0.2) is 0 Å². The van der Waals surface area contributed by atoms with Gasteiger partial charge in [0.2, 0.25) is 0 Å². The molecular weight excluding hydrogens is 344 g/mol. The van der Waals surface area contributed by atoms with Crippen molar-refractivity contribution < 1.29 is 18.7 Å². The molecule has 0 spiro atoms. The van der Waals surface area contributed by atoms with E-state index in [1.54, 1.807) is 61.7 Å². The third kappa shape index (κ3) is 4.98. The van der Waals surface area contributed by atoms with Crippen LogP contribution in [0.25, 0.3) is 0 Å². The van der Waals surface area contributed by atoms with Crippen LogP contribution >= 0.6 is 0 Å². The highest BCUT2D eigenvalue weighted by Crippen LogP contribution is 2.17. The van der Waals surface area contributed by atoms with Crippen LogP contribution in [0.4, 0.5) is 5.69 Å². The Hall–Kier alpha value is -3.54.